The van der Waals surface area contributed by atoms with Crippen LogP contribution in [-0.2, 0) is 13.0 Å². The number of hydrogen-bond acceptors (Lipinski definition) is 4. The van der Waals surface area contributed by atoms with Crippen LogP contribution in [0.1, 0.15) is 11.1 Å². The van der Waals surface area contributed by atoms with E-state index in [9.17, 15) is 0 Å². The fourth-order valence-corrected chi connectivity index (χ4v) is 2.59. The summed E-state index contributed by atoms with van der Waals surface area (Å²) >= 11 is 0. The van der Waals surface area contributed by atoms with Gasteiger partial charge in [0.15, 0.2) is 0 Å². The molecule has 2 heterocycles. The van der Waals surface area contributed by atoms with Crippen molar-refractivity contribution in [1.82, 2.24) is 4.98 Å². The second-order valence-corrected chi connectivity index (χ2v) is 4.99. The zero-order valence-electron chi connectivity index (χ0n) is 11.8. The maximum Gasteiger partial charge on any atom is 0.130 e. The van der Waals surface area contributed by atoms with Crippen molar-refractivity contribution in [3.05, 3.63) is 53.7 Å². The number of fused-ring (bicyclic) bond motifs is 1. The third-order valence-electron chi connectivity index (χ3n) is 3.64. The van der Waals surface area contributed by atoms with Gasteiger partial charge in [0.05, 0.1) is 6.61 Å². The molecular formula is C16H20ClN3O. The number of aliphatic hydroxyl groups is 1. The van der Waals surface area contributed by atoms with Crippen molar-refractivity contribution < 1.29 is 5.11 Å². The summed E-state index contributed by atoms with van der Waals surface area (Å²) in [5.74, 6) is 0.988. The Bertz CT molecular complexity index is 591. The Morgan fingerprint density at radius 2 is 2.00 bits per heavy atom. The van der Waals surface area contributed by atoms with Gasteiger partial charge < -0.3 is 15.3 Å². The molecule has 112 valence electrons. The van der Waals surface area contributed by atoms with Gasteiger partial charge in [-0.1, -0.05) is 24.3 Å². The summed E-state index contributed by atoms with van der Waals surface area (Å²) in [7, 11) is 0. The lowest BCUT2D eigenvalue weighted by molar-refractivity contribution is 0.311. The fraction of sp³-hybridized carbons (Fsp3) is 0.312. The molecule has 0 spiro atoms. The summed E-state index contributed by atoms with van der Waals surface area (Å²) in [4.78, 5) is 6.77. The van der Waals surface area contributed by atoms with Crippen LogP contribution in [0, 0.1) is 0 Å². The zero-order valence-corrected chi connectivity index (χ0v) is 12.6. The van der Waals surface area contributed by atoms with Crippen molar-refractivity contribution in [2.24, 2.45) is 0 Å². The van der Waals surface area contributed by atoms with Gasteiger partial charge in [-0.2, -0.15) is 0 Å². The first-order chi connectivity index (χ1) is 9.86. The molecule has 4 nitrogen and oxygen atoms in total. The number of benzene rings is 1. The third-order valence-corrected chi connectivity index (χ3v) is 3.64. The number of nitrogens with zero attached hydrogens (tertiary/aromatic N) is 2. The molecule has 2 N–H and O–H groups in total. The smallest absolute Gasteiger partial charge is 0.130 e. The van der Waals surface area contributed by atoms with Gasteiger partial charge in [-0.05, 0) is 23.6 Å². The van der Waals surface area contributed by atoms with Crippen LogP contribution in [0.25, 0.3) is 0 Å². The largest absolute Gasteiger partial charge is 0.395 e. The van der Waals surface area contributed by atoms with Gasteiger partial charge in [0.2, 0.25) is 0 Å². The first-order valence-corrected chi connectivity index (χ1v) is 6.99. The lowest BCUT2D eigenvalue weighted by atomic mass is 10.00. The van der Waals surface area contributed by atoms with Gasteiger partial charge in [0.1, 0.15) is 5.82 Å². The highest BCUT2D eigenvalue weighted by Gasteiger charge is 2.16. The summed E-state index contributed by atoms with van der Waals surface area (Å²) < 4.78 is 0. The SMILES string of the molecule is Cl.OCCNc1ccnc(N2CCc3ccccc3C2)c1. The van der Waals surface area contributed by atoms with E-state index in [2.05, 4.69) is 39.5 Å². The maximum atomic E-state index is 8.87. The van der Waals surface area contributed by atoms with Crippen LogP contribution in [0.2, 0.25) is 0 Å². The van der Waals surface area contributed by atoms with Crippen molar-refractivity contribution in [2.75, 3.05) is 29.9 Å². The van der Waals surface area contributed by atoms with Crippen LogP contribution in [-0.4, -0.2) is 29.8 Å². The van der Waals surface area contributed by atoms with Gasteiger partial charge in [-0.25, -0.2) is 4.98 Å². The molecule has 0 aliphatic carbocycles. The van der Waals surface area contributed by atoms with E-state index < -0.39 is 0 Å². The molecule has 1 aliphatic rings. The van der Waals surface area contributed by atoms with Crippen LogP contribution >= 0.6 is 12.4 Å². The monoisotopic (exact) mass is 305 g/mol. The molecule has 0 atom stereocenters. The Labute approximate surface area is 131 Å². The summed E-state index contributed by atoms with van der Waals surface area (Å²) in [6, 6.07) is 12.6. The summed E-state index contributed by atoms with van der Waals surface area (Å²) in [5.41, 5.74) is 3.83. The summed E-state index contributed by atoms with van der Waals surface area (Å²) in [6.07, 6.45) is 2.88. The molecule has 0 saturated heterocycles. The summed E-state index contributed by atoms with van der Waals surface area (Å²) in [5, 5.41) is 12.0. The number of aromatic nitrogens is 1. The first kappa shape index (κ1) is 15.6. The van der Waals surface area contributed by atoms with E-state index in [0.29, 0.717) is 6.54 Å². The molecule has 3 rings (SSSR count). The van der Waals surface area contributed by atoms with Crippen molar-refractivity contribution in [1.29, 1.82) is 0 Å². The molecule has 1 aliphatic heterocycles. The van der Waals surface area contributed by atoms with E-state index in [-0.39, 0.29) is 19.0 Å². The molecular weight excluding hydrogens is 286 g/mol. The number of anilines is 2. The average Bonchev–Trinajstić information content (AvgIpc) is 2.53. The highest BCUT2D eigenvalue weighted by molar-refractivity contribution is 5.85. The minimum absolute atomic E-state index is 0. The Balaban J connectivity index is 0.00000161. The minimum Gasteiger partial charge on any atom is -0.395 e. The van der Waals surface area contributed by atoms with E-state index in [1.54, 1.807) is 0 Å². The van der Waals surface area contributed by atoms with Gasteiger partial charge >= 0.3 is 0 Å². The van der Waals surface area contributed by atoms with Gasteiger partial charge in [-0.15, -0.1) is 12.4 Å². The van der Waals surface area contributed by atoms with Gasteiger partial charge in [0, 0.05) is 37.6 Å². The lowest BCUT2D eigenvalue weighted by Gasteiger charge is -2.30. The van der Waals surface area contributed by atoms with Crippen LogP contribution in [0.15, 0.2) is 42.6 Å². The molecule has 0 bridgehead atoms. The second kappa shape index (κ2) is 7.29. The van der Waals surface area contributed by atoms with E-state index in [0.717, 1.165) is 31.0 Å². The molecule has 1 aromatic heterocycles. The van der Waals surface area contributed by atoms with Gasteiger partial charge in [-0.3, -0.25) is 0 Å². The van der Waals surface area contributed by atoms with Crippen molar-refractivity contribution >= 4 is 23.9 Å². The number of pyridine rings is 1. The molecule has 21 heavy (non-hydrogen) atoms. The Hall–Kier alpha value is -1.78. The van der Waals surface area contributed by atoms with E-state index in [1.165, 1.54) is 11.1 Å². The normalized spacial score (nSPS) is 13.3. The first-order valence-electron chi connectivity index (χ1n) is 6.99. The topological polar surface area (TPSA) is 48.4 Å². The number of halogens is 1. The number of hydrogen-bond donors (Lipinski definition) is 2. The van der Waals surface area contributed by atoms with Crippen molar-refractivity contribution in [2.45, 2.75) is 13.0 Å². The van der Waals surface area contributed by atoms with E-state index in [4.69, 9.17) is 5.11 Å². The molecule has 5 heteroatoms. The Kier molecular flexibility index (Phi) is 5.42. The summed E-state index contributed by atoms with van der Waals surface area (Å²) in [6.45, 7) is 2.60. The van der Waals surface area contributed by atoms with Crippen LogP contribution in [0.3, 0.4) is 0 Å². The van der Waals surface area contributed by atoms with Crippen LogP contribution < -0.4 is 10.2 Å². The van der Waals surface area contributed by atoms with Crippen LogP contribution in [0.5, 0.6) is 0 Å². The van der Waals surface area contributed by atoms with Crippen molar-refractivity contribution in [3.63, 3.8) is 0 Å². The standard InChI is InChI=1S/C16H19N3O.ClH/c20-10-8-17-15-5-7-18-16(11-15)19-9-6-13-3-1-2-4-14(13)12-19;/h1-5,7,11,20H,6,8-10,12H2,(H,17,18);1H. The maximum absolute atomic E-state index is 8.87. The molecule has 0 unspecified atom stereocenters. The molecule has 0 fully saturated rings. The average molecular weight is 306 g/mol. The highest BCUT2D eigenvalue weighted by atomic mass is 35.5. The number of rotatable bonds is 4. The zero-order chi connectivity index (χ0) is 13.8. The Morgan fingerprint density at radius 1 is 1.19 bits per heavy atom. The van der Waals surface area contributed by atoms with E-state index in [1.807, 2.05) is 18.3 Å². The predicted octanol–water partition coefficient (Wildman–Crippen LogP) is 2.47. The number of nitrogens with one attached hydrogen (secondary N) is 1. The fourth-order valence-electron chi connectivity index (χ4n) is 2.59. The molecule has 2 aromatic rings. The number of aliphatic hydroxyl groups excluding tert-OH is 1. The van der Waals surface area contributed by atoms with E-state index >= 15 is 0 Å². The second-order valence-electron chi connectivity index (χ2n) is 4.99. The molecule has 1 aromatic carbocycles. The third kappa shape index (κ3) is 3.65. The van der Waals surface area contributed by atoms with Gasteiger partial charge in [0.25, 0.3) is 0 Å². The van der Waals surface area contributed by atoms with Crippen LogP contribution in [0.4, 0.5) is 11.5 Å². The highest BCUT2D eigenvalue weighted by Crippen LogP contribution is 2.24. The molecule has 0 amide bonds. The minimum atomic E-state index is 0. The molecule has 0 radical (unpaired) electrons. The molecule has 0 saturated carbocycles. The predicted molar refractivity (Wildman–Crippen MR) is 88.3 cm³/mol. The Morgan fingerprint density at radius 3 is 2.81 bits per heavy atom. The quantitative estimate of drug-likeness (QED) is 0.911. The van der Waals surface area contributed by atoms with Crippen molar-refractivity contribution in [3.8, 4) is 0 Å². The lowest BCUT2D eigenvalue weighted by Crippen LogP contribution is -2.30.